The number of rotatable bonds is 6. The Morgan fingerprint density at radius 2 is 1.89 bits per heavy atom. The lowest BCUT2D eigenvalue weighted by Crippen LogP contribution is -2.06. The zero-order chi connectivity index (χ0) is 13.4. The molecule has 3 heteroatoms. The molecule has 0 aromatic heterocycles. The zero-order valence-corrected chi connectivity index (χ0v) is 10.9. The van der Waals surface area contributed by atoms with E-state index >= 15 is 0 Å². The van der Waals surface area contributed by atoms with Crippen LogP contribution in [0.4, 0.5) is 0 Å². The van der Waals surface area contributed by atoms with Crippen LogP contribution in [-0.2, 0) is 0 Å². The number of hydrogen-bond acceptors (Lipinski definition) is 3. The van der Waals surface area contributed by atoms with Gasteiger partial charge in [0.05, 0.1) is 6.07 Å². The van der Waals surface area contributed by atoms with E-state index in [2.05, 4.69) is 19.9 Å². The second-order valence-electron chi connectivity index (χ2n) is 4.67. The molecule has 0 bridgehead atoms. The first kappa shape index (κ1) is 14.1. The molecule has 0 amide bonds. The molecule has 94 valence electrons. The van der Waals surface area contributed by atoms with Gasteiger partial charge >= 0.3 is 0 Å². The molecule has 18 heavy (non-hydrogen) atoms. The summed E-state index contributed by atoms with van der Waals surface area (Å²) in [6.07, 6.45) is 1.42. The summed E-state index contributed by atoms with van der Waals surface area (Å²) in [5, 5.41) is 17.5. The normalized spacial score (nSPS) is 11.6. The van der Waals surface area contributed by atoms with Crippen molar-refractivity contribution in [1.29, 1.82) is 10.5 Å². The van der Waals surface area contributed by atoms with Gasteiger partial charge in [0.1, 0.15) is 11.8 Å². The predicted octanol–water partition coefficient (Wildman–Crippen LogP) is 3.63. The molecular formula is C15H18N2O. The molecule has 0 spiro atoms. The molecule has 1 aromatic carbocycles. The van der Waals surface area contributed by atoms with Gasteiger partial charge in [0.15, 0.2) is 6.61 Å². The van der Waals surface area contributed by atoms with Crippen molar-refractivity contribution >= 4 is 0 Å². The van der Waals surface area contributed by atoms with Crippen molar-refractivity contribution in [3.63, 3.8) is 0 Å². The highest BCUT2D eigenvalue weighted by Crippen LogP contribution is 2.33. The monoisotopic (exact) mass is 242 g/mol. The topological polar surface area (TPSA) is 56.8 Å². The van der Waals surface area contributed by atoms with Gasteiger partial charge in [-0.1, -0.05) is 32.0 Å². The van der Waals surface area contributed by atoms with Crippen LogP contribution in [0.15, 0.2) is 24.3 Å². The van der Waals surface area contributed by atoms with E-state index < -0.39 is 0 Å². The molecule has 1 aromatic rings. The predicted molar refractivity (Wildman–Crippen MR) is 70.0 cm³/mol. The maximum atomic E-state index is 8.93. The Kier molecular flexibility index (Phi) is 5.74. The molecule has 0 radical (unpaired) electrons. The Labute approximate surface area is 109 Å². The van der Waals surface area contributed by atoms with E-state index in [9.17, 15) is 0 Å². The van der Waals surface area contributed by atoms with Crippen molar-refractivity contribution in [2.45, 2.75) is 32.6 Å². The number of nitriles is 2. The van der Waals surface area contributed by atoms with E-state index in [1.807, 2.05) is 30.3 Å². The molecule has 1 unspecified atom stereocenters. The van der Waals surface area contributed by atoms with E-state index in [4.69, 9.17) is 15.3 Å². The average Bonchev–Trinajstić information content (AvgIpc) is 2.36. The Bertz CT molecular complexity index is 454. The molecule has 0 fully saturated rings. The third kappa shape index (κ3) is 4.11. The molecule has 0 saturated carbocycles. The molecule has 0 aliphatic heterocycles. The Balaban J connectivity index is 2.96. The van der Waals surface area contributed by atoms with Gasteiger partial charge in [0.2, 0.25) is 0 Å². The van der Waals surface area contributed by atoms with Gasteiger partial charge in [0, 0.05) is 12.3 Å². The van der Waals surface area contributed by atoms with Gasteiger partial charge in [-0.05, 0) is 24.0 Å². The lowest BCUT2D eigenvalue weighted by atomic mass is 9.87. The Morgan fingerprint density at radius 3 is 2.50 bits per heavy atom. The first-order chi connectivity index (χ1) is 8.69. The quantitative estimate of drug-likeness (QED) is 0.765. The summed E-state index contributed by atoms with van der Waals surface area (Å²) < 4.78 is 5.42. The van der Waals surface area contributed by atoms with E-state index in [0.717, 1.165) is 17.7 Å². The van der Waals surface area contributed by atoms with Crippen LogP contribution in [0, 0.1) is 28.6 Å². The SMILES string of the molecule is CC(C)CC(CC#N)c1ccccc1OCC#N. The number of ether oxygens (including phenoxy) is 1. The van der Waals surface area contributed by atoms with Crippen molar-refractivity contribution in [2.75, 3.05) is 6.61 Å². The van der Waals surface area contributed by atoms with Crippen LogP contribution in [0.1, 0.15) is 38.2 Å². The number of para-hydroxylation sites is 1. The van der Waals surface area contributed by atoms with Crippen LogP contribution in [-0.4, -0.2) is 6.61 Å². The molecule has 0 aliphatic rings. The van der Waals surface area contributed by atoms with Gasteiger partial charge in [0.25, 0.3) is 0 Å². The highest BCUT2D eigenvalue weighted by Gasteiger charge is 2.17. The van der Waals surface area contributed by atoms with E-state index in [1.165, 1.54) is 0 Å². The second-order valence-corrected chi connectivity index (χ2v) is 4.67. The largest absolute Gasteiger partial charge is 0.478 e. The molecule has 1 rings (SSSR count). The van der Waals surface area contributed by atoms with Crippen LogP contribution in [0.5, 0.6) is 5.75 Å². The smallest absolute Gasteiger partial charge is 0.174 e. The number of nitrogens with zero attached hydrogens (tertiary/aromatic N) is 2. The third-order valence-corrected chi connectivity index (χ3v) is 2.74. The standard InChI is InChI=1S/C15H18N2O/c1-12(2)11-13(7-8-16)14-5-3-4-6-15(14)18-10-9-17/h3-6,12-13H,7,10-11H2,1-2H3. The molecular weight excluding hydrogens is 224 g/mol. The van der Waals surface area contributed by atoms with Gasteiger partial charge in [-0.2, -0.15) is 10.5 Å². The van der Waals surface area contributed by atoms with E-state index in [0.29, 0.717) is 12.3 Å². The fraction of sp³-hybridized carbons (Fsp3) is 0.467. The third-order valence-electron chi connectivity index (χ3n) is 2.74. The van der Waals surface area contributed by atoms with Crippen LogP contribution in [0.3, 0.4) is 0 Å². The molecule has 0 saturated heterocycles. The van der Waals surface area contributed by atoms with Gasteiger partial charge in [-0.3, -0.25) is 0 Å². The minimum atomic E-state index is 0.0396. The van der Waals surface area contributed by atoms with E-state index in [1.54, 1.807) is 0 Å². The molecule has 0 aliphatic carbocycles. The van der Waals surface area contributed by atoms with Crippen LogP contribution >= 0.6 is 0 Å². The van der Waals surface area contributed by atoms with Crippen molar-refractivity contribution in [2.24, 2.45) is 5.92 Å². The van der Waals surface area contributed by atoms with Gasteiger partial charge in [-0.25, -0.2) is 0 Å². The first-order valence-electron chi connectivity index (χ1n) is 6.14. The maximum Gasteiger partial charge on any atom is 0.174 e. The first-order valence-corrected chi connectivity index (χ1v) is 6.14. The van der Waals surface area contributed by atoms with Crippen LogP contribution in [0.25, 0.3) is 0 Å². The molecule has 1 atom stereocenters. The average molecular weight is 242 g/mol. The summed E-state index contributed by atoms with van der Waals surface area (Å²) in [5.41, 5.74) is 1.03. The van der Waals surface area contributed by atoms with Crippen molar-refractivity contribution < 1.29 is 4.74 Å². The molecule has 3 nitrogen and oxygen atoms in total. The lowest BCUT2D eigenvalue weighted by molar-refractivity contribution is 0.357. The molecule has 0 N–H and O–H groups in total. The van der Waals surface area contributed by atoms with Crippen LogP contribution < -0.4 is 4.74 Å². The summed E-state index contributed by atoms with van der Waals surface area (Å²) in [6, 6.07) is 11.9. The van der Waals surface area contributed by atoms with Gasteiger partial charge < -0.3 is 4.74 Å². The molecule has 0 heterocycles. The Morgan fingerprint density at radius 1 is 1.17 bits per heavy atom. The Hall–Kier alpha value is -2.00. The minimum Gasteiger partial charge on any atom is -0.478 e. The highest BCUT2D eigenvalue weighted by molar-refractivity contribution is 5.37. The fourth-order valence-corrected chi connectivity index (χ4v) is 2.06. The number of benzene rings is 1. The van der Waals surface area contributed by atoms with Gasteiger partial charge in [-0.15, -0.1) is 0 Å². The summed E-state index contributed by atoms with van der Waals surface area (Å²) in [5.74, 6) is 1.41. The maximum absolute atomic E-state index is 8.93. The van der Waals surface area contributed by atoms with Crippen molar-refractivity contribution in [3.05, 3.63) is 29.8 Å². The fourth-order valence-electron chi connectivity index (χ4n) is 2.06. The second kappa shape index (κ2) is 7.35. The summed E-state index contributed by atoms with van der Waals surface area (Å²) in [4.78, 5) is 0. The summed E-state index contributed by atoms with van der Waals surface area (Å²) in [7, 11) is 0. The van der Waals surface area contributed by atoms with Crippen molar-refractivity contribution in [3.8, 4) is 17.9 Å². The highest BCUT2D eigenvalue weighted by atomic mass is 16.5. The minimum absolute atomic E-state index is 0.0396. The number of hydrogen-bond donors (Lipinski definition) is 0. The summed E-state index contributed by atoms with van der Waals surface area (Å²) >= 11 is 0. The van der Waals surface area contributed by atoms with Crippen LogP contribution in [0.2, 0.25) is 0 Å². The summed E-state index contributed by atoms with van der Waals surface area (Å²) in [6.45, 7) is 4.32. The lowest BCUT2D eigenvalue weighted by Gasteiger charge is -2.19. The zero-order valence-electron chi connectivity index (χ0n) is 10.9. The van der Waals surface area contributed by atoms with E-state index in [-0.39, 0.29) is 12.5 Å². The van der Waals surface area contributed by atoms with Crippen molar-refractivity contribution in [1.82, 2.24) is 0 Å².